The Morgan fingerprint density at radius 1 is 1.21 bits per heavy atom. The van der Waals surface area contributed by atoms with E-state index in [2.05, 4.69) is 20.9 Å². The Bertz CT molecular complexity index is 734. The Kier molecular flexibility index (Phi) is 3.17. The maximum absolute atomic E-state index is 12.2. The molecule has 0 fully saturated rings. The number of Topliss-reactive ketones (excluding diaryl/α,β-unsaturated/α-hetero) is 1. The summed E-state index contributed by atoms with van der Waals surface area (Å²) in [4.78, 5) is 16.1. The molecule has 0 N–H and O–H groups in total. The molecule has 0 aliphatic carbocycles. The first-order valence-corrected chi connectivity index (χ1v) is 6.63. The Morgan fingerprint density at radius 3 is 2.74 bits per heavy atom. The van der Waals surface area contributed by atoms with Crippen LogP contribution in [0.25, 0.3) is 11.0 Å². The van der Waals surface area contributed by atoms with Crippen molar-refractivity contribution in [3.8, 4) is 0 Å². The van der Waals surface area contributed by atoms with E-state index in [-0.39, 0.29) is 5.78 Å². The van der Waals surface area contributed by atoms with E-state index < -0.39 is 0 Å². The zero-order valence-electron chi connectivity index (χ0n) is 9.97. The highest BCUT2D eigenvalue weighted by atomic mass is 79.9. The number of hydrogen-bond donors (Lipinski definition) is 0. The van der Waals surface area contributed by atoms with Crippen molar-refractivity contribution in [3.05, 3.63) is 64.6 Å². The SMILES string of the molecule is O=C(Cc1ccncc1)c1cc2cccc(Br)c2o1. The minimum absolute atomic E-state index is 0.0331. The minimum Gasteiger partial charge on any atom is -0.452 e. The maximum atomic E-state index is 12.2. The van der Waals surface area contributed by atoms with Crippen LogP contribution in [0, 0.1) is 0 Å². The van der Waals surface area contributed by atoms with E-state index in [1.807, 2.05) is 30.3 Å². The van der Waals surface area contributed by atoms with Crippen molar-refractivity contribution >= 4 is 32.7 Å². The molecule has 0 bridgehead atoms. The predicted octanol–water partition coefficient (Wildman–Crippen LogP) is 4.02. The van der Waals surface area contributed by atoms with E-state index in [0.29, 0.717) is 17.8 Å². The largest absolute Gasteiger partial charge is 0.452 e. The van der Waals surface area contributed by atoms with Crippen molar-refractivity contribution in [2.75, 3.05) is 0 Å². The fourth-order valence-corrected chi connectivity index (χ4v) is 2.40. The molecule has 2 heterocycles. The number of para-hydroxylation sites is 1. The lowest BCUT2D eigenvalue weighted by Gasteiger charge is -1.97. The number of aromatic nitrogens is 1. The van der Waals surface area contributed by atoms with Gasteiger partial charge in [-0.05, 0) is 45.8 Å². The van der Waals surface area contributed by atoms with Crippen molar-refractivity contribution in [3.63, 3.8) is 0 Å². The molecule has 0 spiro atoms. The van der Waals surface area contributed by atoms with E-state index in [4.69, 9.17) is 4.42 Å². The monoisotopic (exact) mass is 315 g/mol. The molecular formula is C15H10BrNO2. The summed E-state index contributed by atoms with van der Waals surface area (Å²) in [6.45, 7) is 0. The Hall–Kier alpha value is -1.94. The number of rotatable bonds is 3. The first-order valence-electron chi connectivity index (χ1n) is 5.84. The molecule has 0 amide bonds. The molecule has 94 valence electrons. The summed E-state index contributed by atoms with van der Waals surface area (Å²) in [6, 6.07) is 11.2. The average molecular weight is 316 g/mol. The van der Waals surface area contributed by atoms with Gasteiger partial charge in [0.25, 0.3) is 0 Å². The molecule has 1 aromatic carbocycles. The van der Waals surface area contributed by atoms with E-state index in [9.17, 15) is 4.79 Å². The first-order chi connectivity index (χ1) is 9.24. The van der Waals surface area contributed by atoms with E-state index >= 15 is 0 Å². The molecule has 3 rings (SSSR count). The summed E-state index contributed by atoms with van der Waals surface area (Å²) >= 11 is 3.41. The summed E-state index contributed by atoms with van der Waals surface area (Å²) in [5.74, 6) is 0.355. The van der Waals surface area contributed by atoms with Crippen molar-refractivity contribution in [1.82, 2.24) is 4.98 Å². The molecule has 4 heteroatoms. The van der Waals surface area contributed by atoms with Crippen LogP contribution < -0.4 is 0 Å². The fourth-order valence-electron chi connectivity index (χ4n) is 1.94. The van der Waals surface area contributed by atoms with Crippen LogP contribution in [0.15, 0.2) is 57.7 Å². The van der Waals surface area contributed by atoms with Crippen molar-refractivity contribution < 1.29 is 9.21 Å². The summed E-state index contributed by atoms with van der Waals surface area (Å²) < 4.78 is 6.48. The highest BCUT2D eigenvalue weighted by molar-refractivity contribution is 9.10. The average Bonchev–Trinajstić information content (AvgIpc) is 2.85. The molecule has 0 aliphatic rings. The van der Waals surface area contributed by atoms with Gasteiger partial charge >= 0.3 is 0 Å². The fraction of sp³-hybridized carbons (Fsp3) is 0.0667. The molecule has 3 nitrogen and oxygen atoms in total. The zero-order chi connectivity index (χ0) is 13.2. The summed E-state index contributed by atoms with van der Waals surface area (Å²) in [5.41, 5.74) is 1.64. The zero-order valence-corrected chi connectivity index (χ0v) is 11.6. The van der Waals surface area contributed by atoms with Crippen LogP contribution in [-0.2, 0) is 6.42 Å². The van der Waals surface area contributed by atoms with Gasteiger partial charge in [-0.3, -0.25) is 9.78 Å². The number of nitrogens with zero attached hydrogens (tertiary/aromatic N) is 1. The van der Waals surface area contributed by atoms with Crippen molar-refractivity contribution in [2.24, 2.45) is 0 Å². The van der Waals surface area contributed by atoms with Crippen molar-refractivity contribution in [2.45, 2.75) is 6.42 Å². The molecule has 3 aromatic rings. The summed E-state index contributed by atoms with van der Waals surface area (Å²) in [6.07, 6.45) is 3.68. The van der Waals surface area contributed by atoms with Gasteiger partial charge in [-0.1, -0.05) is 12.1 Å². The smallest absolute Gasteiger partial charge is 0.202 e. The summed E-state index contributed by atoms with van der Waals surface area (Å²) in [7, 11) is 0. The lowest BCUT2D eigenvalue weighted by Crippen LogP contribution is -2.01. The number of pyridine rings is 1. The third-order valence-electron chi connectivity index (χ3n) is 2.88. The maximum Gasteiger partial charge on any atom is 0.202 e. The van der Waals surface area contributed by atoms with Crippen LogP contribution >= 0.6 is 15.9 Å². The third-order valence-corrected chi connectivity index (χ3v) is 3.51. The number of ketones is 1. The second-order valence-corrected chi connectivity index (χ2v) is 5.08. The second-order valence-electron chi connectivity index (χ2n) is 4.22. The number of carbonyl (C=O) groups is 1. The van der Waals surface area contributed by atoms with Gasteiger partial charge in [-0.2, -0.15) is 0 Å². The Labute approximate surface area is 118 Å². The Morgan fingerprint density at radius 2 is 2.00 bits per heavy atom. The quantitative estimate of drug-likeness (QED) is 0.686. The number of hydrogen-bond acceptors (Lipinski definition) is 3. The number of halogens is 1. The lowest BCUT2D eigenvalue weighted by atomic mass is 10.1. The van der Waals surface area contributed by atoms with Crippen LogP contribution in [-0.4, -0.2) is 10.8 Å². The first kappa shape index (κ1) is 12.1. The number of fused-ring (bicyclic) bond motifs is 1. The lowest BCUT2D eigenvalue weighted by molar-refractivity contribution is 0.0968. The van der Waals surface area contributed by atoms with Crippen molar-refractivity contribution in [1.29, 1.82) is 0 Å². The predicted molar refractivity (Wildman–Crippen MR) is 76.2 cm³/mol. The number of furan rings is 1. The van der Waals surface area contributed by atoms with Gasteiger partial charge in [0, 0.05) is 24.2 Å². The minimum atomic E-state index is -0.0331. The van der Waals surface area contributed by atoms with Gasteiger partial charge in [-0.25, -0.2) is 0 Å². The molecular weight excluding hydrogens is 306 g/mol. The van der Waals surface area contributed by atoms with E-state index in [0.717, 1.165) is 15.4 Å². The molecule has 0 saturated heterocycles. The molecule has 0 radical (unpaired) electrons. The van der Waals surface area contributed by atoms with Crippen LogP contribution in [0.4, 0.5) is 0 Å². The molecule has 0 unspecified atom stereocenters. The molecule has 0 atom stereocenters. The van der Waals surface area contributed by atoms with E-state index in [1.165, 1.54) is 0 Å². The van der Waals surface area contributed by atoms with Gasteiger partial charge in [0.05, 0.1) is 4.47 Å². The molecule has 0 aliphatic heterocycles. The van der Waals surface area contributed by atoms with Crippen LogP contribution in [0.1, 0.15) is 16.1 Å². The standard InChI is InChI=1S/C15H10BrNO2/c16-12-3-1-2-11-9-14(19-15(11)12)13(18)8-10-4-6-17-7-5-10/h1-7,9H,8H2. The van der Waals surface area contributed by atoms with Crippen LogP contribution in [0.2, 0.25) is 0 Å². The van der Waals surface area contributed by atoms with Gasteiger partial charge < -0.3 is 4.42 Å². The van der Waals surface area contributed by atoms with Gasteiger partial charge in [0.2, 0.25) is 5.78 Å². The second kappa shape index (κ2) is 4.97. The third kappa shape index (κ3) is 2.44. The van der Waals surface area contributed by atoms with Gasteiger partial charge in [0.15, 0.2) is 5.76 Å². The van der Waals surface area contributed by atoms with Gasteiger partial charge in [0.1, 0.15) is 5.58 Å². The van der Waals surface area contributed by atoms with Gasteiger partial charge in [-0.15, -0.1) is 0 Å². The topological polar surface area (TPSA) is 43.1 Å². The van der Waals surface area contributed by atoms with E-state index in [1.54, 1.807) is 18.5 Å². The summed E-state index contributed by atoms with van der Waals surface area (Å²) in [5, 5.41) is 0.924. The Balaban J connectivity index is 1.92. The highest BCUT2D eigenvalue weighted by Crippen LogP contribution is 2.27. The number of carbonyl (C=O) groups excluding carboxylic acids is 1. The molecule has 19 heavy (non-hydrogen) atoms. The normalized spacial score (nSPS) is 10.8. The molecule has 2 aromatic heterocycles. The number of benzene rings is 1. The highest BCUT2D eigenvalue weighted by Gasteiger charge is 2.14. The van der Waals surface area contributed by atoms with Crippen LogP contribution in [0.5, 0.6) is 0 Å². The van der Waals surface area contributed by atoms with Crippen LogP contribution in [0.3, 0.4) is 0 Å². The molecule has 0 saturated carbocycles.